The van der Waals surface area contributed by atoms with Gasteiger partial charge in [-0.1, -0.05) is 0 Å². The Morgan fingerprint density at radius 3 is 2.87 bits per heavy atom. The molecule has 2 aromatic heterocycles. The summed E-state index contributed by atoms with van der Waals surface area (Å²) < 4.78 is 26.6. The largest absolute Gasteiger partial charge is 0.264 e. The van der Waals surface area contributed by atoms with E-state index < -0.39 is 10.0 Å². The summed E-state index contributed by atoms with van der Waals surface area (Å²) in [5.74, 6) is 0.297. The number of rotatable bonds is 5. The number of aryl methyl sites for hydroxylation is 1. The highest BCUT2D eigenvalue weighted by Crippen LogP contribution is 2.23. The quantitative estimate of drug-likeness (QED) is 0.820. The van der Waals surface area contributed by atoms with Gasteiger partial charge in [-0.25, -0.2) is 17.7 Å². The van der Waals surface area contributed by atoms with E-state index in [1.807, 2.05) is 17.7 Å². The van der Waals surface area contributed by atoms with Crippen LogP contribution in [0.2, 0.25) is 0 Å². The Labute approximate surface area is 136 Å². The van der Waals surface area contributed by atoms with Gasteiger partial charge in [0.1, 0.15) is 5.69 Å². The fourth-order valence-electron chi connectivity index (χ4n) is 2.99. The van der Waals surface area contributed by atoms with Gasteiger partial charge in [-0.05, 0) is 31.7 Å². The van der Waals surface area contributed by atoms with Gasteiger partial charge in [0.2, 0.25) is 10.0 Å². The molecule has 1 aliphatic heterocycles. The predicted molar refractivity (Wildman–Crippen MR) is 87.2 cm³/mol. The van der Waals surface area contributed by atoms with E-state index in [1.165, 1.54) is 6.26 Å². The Hall–Kier alpha value is -1.80. The van der Waals surface area contributed by atoms with Crippen molar-refractivity contribution in [1.82, 2.24) is 24.1 Å². The lowest BCUT2D eigenvalue weighted by atomic mass is 10.0. The first-order valence-electron chi connectivity index (χ1n) is 7.75. The monoisotopic (exact) mass is 335 g/mol. The molecule has 1 unspecified atom stereocenters. The Morgan fingerprint density at radius 1 is 1.35 bits per heavy atom. The van der Waals surface area contributed by atoms with Crippen LogP contribution in [0.5, 0.6) is 0 Å². The normalized spacial score (nSPS) is 19.3. The van der Waals surface area contributed by atoms with Crippen LogP contribution in [-0.2, 0) is 23.0 Å². The van der Waals surface area contributed by atoms with E-state index >= 15 is 0 Å². The first-order valence-corrected chi connectivity index (χ1v) is 9.60. The number of nitrogens with zero attached hydrogens (tertiary/aromatic N) is 5. The summed E-state index contributed by atoms with van der Waals surface area (Å²) in [6.45, 7) is 3.98. The molecule has 1 fully saturated rings. The Kier molecular flexibility index (Phi) is 4.45. The van der Waals surface area contributed by atoms with Gasteiger partial charge in [0.05, 0.1) is 23.8 Å². The lowest BCUT2D eigenvalue weighted by molar-refractivity contribution is 0.459. The average Bonchev–Trinajstić information content (AvgIpc) is 3.15. The standard InChI is InChI=1S/C15H21N5O2S/c1-3-20-15(4-6-17-20)14-10-16-9-13(18-14)8-12-5-7-19(11-12)23(2,21)22/h4,6,9-10,12H,3,5,7-8,11H2,1-2H3. The Bertz CT molecular complexity index is 787. The number of sulfonamides is 1. The van der Waals surface area contributed by atoms with Crippen molar-refractivity contribution in [3.8, 4) is 11.4 Å². The highest BCUT2D eigenvalue weighted by atomic mass is 32.2. The third-order valence-corrected chi connectivity index (χ3v) is 5.45. The summed E-state index contributed by atoms with van der Waals surface area (Å²) in [5, 5.41) is 4.26. The van der Waals surface area contributed by atoms with Gasteiger partial charge in [0.25, 0.3) is 0 Å². The summed E-state index contributed by atoms with van der Waals surface area (Å²) in [6, 6.07) is 1.93. The minimum absolute atomic E-state index is 0.297. The summed E-state index contributed by atoms with van der Waals surface area (Å²) in [5.41, 5.74) is 2.65. The van der Waals surface area contributed by atoms with Crippen LogP contribution in [0.25, 0.3) is 11.4 Å². The molecule has 124 valence electrons. The molecule has 0 radical (unpaired) electrons. The SMILES string of the molecule is CCn1nccc1-c1cncc(CC2CCN(S(C)(=O)=O)C2)n1. The van der Waals surface area contributed by atoms with E-state index in [2.05, 4.69) is 15.1 Å². The lowest BCUT2D eigenvalue weighted by Gasteiger charge is -2.13. The Morgan fingerprint density at radius 2 is 2.17 bits per heavy atom. The van der Waals surface area contributed by atoms with Crippen molar-refractivity contribution in [2.45, 2.75) is 26.3 Å². The van der Waals surface area contributed by atoms with E-state index in [9.17, 15) is 8.42 Å². The maximum Gasteiger partial charge on any atom is 0.211 e. The smallest absolute Gasteiger partial charge is 0.211 e. The molecular formula is C15H21N5O2S. The van der Waals surface area contributed by atoms with E-state index in [1.54, 1.807) is 22.9 Å². The average molecular weight is 335 g/mol. The van der Waals surface area contributed by atoms with E-state index in [-0.39, 0.29) is 0 Å². The molecule has 1 saturated heterocycles. The molecule has 0 amide bonds. The molecule has 23 heavy (non-hydrogen) atoms. The predicted octanol–water partition coefficient (Wildman–Crippen LogP) is 1.18. The number of aromatic nitrogens is 4. The first-order chi connectivity index (χ1) is 11.0. The van der Waals surface area contributed by atoms with Crippen LogP contribution >= 0.6 is 0 Å². The van der Waals surface area contributed by atoms with E-state index in [0.29, 0.717) is 19.0 Å². The second-order valence-corrected chi connectivity index (χ2v) is 7.89. The highest BCUT2D eigenvalue weighted by molar-refractivity contribution is 7.88. The molecule has 0 bridgehead atoms. The van der Waals surface area contributed by atoms with E-state index in [0.717, 1.165) is 36.5 Å². The number of hydrogen-bond acceptors (Lipinski definition) is 5. The molecule has 7 nitrogen and oxygen atoms in total. The summed E-state index contributed by atoms with van der Waals surface area (Å²) in [6.07, 6.45) is 8.14. The van der Waals surface area contributed by atoms with Gasteiger partial charge >= 0.3 is 0 Å². The molecule has 0 spiro atoms. The molecule has 0 aromatic carbocycles. The maximum absolute atomic E-state index is 11.6. The topological polar surface area (TPSA) is 81.0 Å². The zero-order valence-electron chi connectivity index (χ0n) is 13.4. The second kappa shape index (κ2) is 6.37. The van der Waals surface area contributed by atoms with E-state index in [4.69, 9.17) is 0 Å². The summed E-state index contributed by atoms with van der Waals surface area (Å²) >= 11 is 0. The third kappa shape index (κ3) is 3.59. The van der Waals surface area contributed by atoms with Crippen LogP contribution in [-0.4, -0.2) is 51.8 Å². The zero-order chi connectivity index (χ0) is 16.4. The van der Waals surface area contributed by atoms with Crippen LogP contribution < -0.4 is 0 Å². The van der Waals surface area contributed by atoms with Gasteiger partial charge in [0, 0.05) is 32.0 Å². The van der Waals surface area contributed by atoms with Crippen LogP contribution in [0.15, 0.2) is 24.7 Å². The minimum atomic E-state index is -3.09. The van der Waals surface area contributed by atoms with Crippen molar-refractivity contribution in [3.63, 3.8) is 0 Å². The summed E-state index contributed by atoms with van der Waals surface area (Å²) in [7, 11) is -3.09. The maximum atomic E-state index is 11.6. The van der Waals surface area contributed by atoms with Gasteiger partial charge in [-0.3, -0.25) is 9.67 Å². The minimum Gasteiger partial charge on any atom is -0.264 e. The molecule has 8 heteroatoms. The molecule has 0 saturated carbocycles. The molecule has 1 atom stereocenters. The molecule has 3 rings (SSSR count). The van der Waals surface area contributed by atoms with Crippen molar-refractivity contribution >= 4 is 10.0 Å². The number of hydrogen-bond donors (Lipinski definition) is 0. The van der Waals surface area contributed by atoms with Crippen LogP contribution in [0, 0.1) is 5.92 Å². The van der Waals surface area contributed by atoms with Crippen molar-refractivity contribution < 1.29 is 8.42 Å². The van der Waals surface area contributed by atoms with Crippen molar-refractivity contribution in [2.24, 2.45) is 5.92 Å². The van der Waals surface area contributed by atoms with Crippen LogP contribution in [0.3, 0.4) is 0 Å². The van der Waals surface area contributed by atoms with Crippen LogP contribution in [0.4, 0.5) is 0 Å². The molecule has 1 aliphatic rings. The molecule has 0 N–H and O–H groups in total. The fourth-order valence-corrected chi connectivity index (χ4v) is 3.91. The second-order valence-electron chi connectivity index (χ2n) is 5.91. The van der Waals surface area contributed by atoms with Crippen molar-refractivity contribution in [1.29, 1.82) is 0 Å². The molecular weight excluding hydrogens is 314 g/mol. The van der Waals surface area contributed by atoms with Gasteiger partial charge < -0.3 is 0 Å². The first kappa shape index (κ1) is 16.1. The lowest BCUT2D eigenvalue weighted by Crippen LogP contribution is -2.27. The Balaban J connectivity index is 1.74. The van der Waals surface area contributed by atoms with Gasteiger partial charge in [-0.2, -0.15) is 5.10 Å². The zero-order valence-corrected chi connectivity index (χ0v) is 14.2. The van der Waals surface area contributed by atoms with Crippen molar-refractivity contribution in [2.75, 3.05) is 19.3 Å². The van der Waals surface area contributed by atoms with Crippen LogP contribution in [0.1, 0.15) is 19.0 Å². The van der Waals surface area contributed by atoms with Gasteiger partial charge in [-0.15, -0.1) is 0 Å². The fraction of sp³-hybridized carbons (Fsp3) is 0.533. The molecule has 3 heterocycles. The molecule has 2 aromatic rings. The van der Waals surface area contributed by atoms with Gasteiger partial charge in [0.15, 0.2) is 0 Å². The summed E-state index contributed by atoms with van der Waals surface area (Å²) in [4.78, 5) is 8.97. The highest BCUT2D eigenvalue weighted by Gasteiger charge is 2.28. The third-order valence-electron chi connectivity index (χ3n) is 4.18. The van der Waals surface area contributed by atoms with Crippen molar-refractivity contribution in [3.05, 3.63) is 30.4 Å². The molecule has 0 aliphatic carbocycles.